The molecule has 0 spiro atoms. The van der Waals surface area contributed by atoms with Gasteiger partial charge in [0.25, 0.3) is 0 Å². The van der Waals surface area contributed by atoms with Crippen molar-refractivity contribution in [3.63, 3.8) is 0 Å². The smallest absolute Gasteiger partial charge is 0.408 e. The van der Waals surface area contributed by atoms with E-state index in [-0.39, 0.29) is 25.5 Å². The van der Waals surface area contributed by atoms with Gasteiger partial charge < -0.3 is 25.0 Å². The largest absolute Gasteiger partial charge is 0.466 e. The number of hydrogen-bond donors (Lipinski definition) is 2. The molecule has 0 fully saturated rings. The summed E-state index contributed by atoms with van der Waals surface area (Å²) in [5.41, 5.74) is 0.423. The number of hydrogen-bond acceptors (Lipinski definition) is 6. The summed E-state index contributed by atoms with van der Waals surface area (Å²) in [5, 5.41) is 5.48. The number of rotatable bonds is 12. The van der Waals surface area contributed by atoms with Gasteiger partial charge in [0.1, 0.15) is 17.7 Å². The number of amides is 3. The normalized spacial score (nSPS) is 13.5. The topological polar surface area (TPSA) is 114 Å². The minimum atomic E-state index is -1.04. The predicted octanol–water partition coefficient (Wildman–Crippen LogP) is 3.95. The van der Waals surface area contributed by atoms with Crippen LogP contribution in [0.15, 0.2) is 24.3 Å². The fourth-order valence-electron chi connectivity index (χ4n) is 3.78. The summed E-state index contributed by atoms with van der Waals surface area (Å²) in [4.78, 5) is 53.5. The van der Waals surface area contributed by atoms with Gasteiger partial charge in [-0.1, -0.05) is 38.3 Å². The van der Waals surface area contributed by atoms with Crippen molar-refractivity contribution in [2.75, 3.05) is 13.2 Å². The van der Waals surface area contributed by atoms with Gasteiger partial charge in [-0.3, -0.25) is 14.4 Å². The van der Waals surface area contributed by atoms with E-state index in [1.54, 1.807) is 65.8 Å². The lowest BCUT2D eigenvalue weighted by atomic mass is 9.94. The third-order valence-electron chi connectivity index (χ3n) is 5.82. The highest BCUT2D eigenvalue weighted by atomic mass is 16.6. The van der Waals surface area contributed by atoms with E-state index in [0.29, 0.717) is 17.5 Å². The predicted molar refractivity (Wildman–Crippen MR) is 146 cm³/mol. The van der Waals surface area contributed by atoms with Crippen LogP contribution in [0.2, 0.25) is 0 Å². The fraction of sp³-hybridized carbons (Fsp3) is 0.586. The molecule has 3 unspecified atom stereocenters. The minimum absolute atomic E-state index is 0.00630. The first kappa shape index (κ1) is 32.5. The van der Waals surface area contributed by atoms with Gasteiger partial charge in [-0.2, -0.15) is 0 Å². The SMILES string of the molecule is C#Cc1ccc(C(C(=O)NCCC(=O)OCC)N(C(=O)C(NC(=O)OC(C)(C)C)C(C)CC)C(C)C)cc1. The van der Waals surface area contributed by atoms with E-state index in [2.05, 4.69) is 16.6 Å². The first-order valence-electron chi connectivity index (χ1n) is 13.1. The van der Waals surface area contributed by atoms with Crippen LogP contribution in [0.1, 0.15) is 85.4 Å². The summed E-state index contributed by atoms with van der Waals surface area (Å²) in [7, 11) is 0. The molecule has 1 rings (SSSR count). The molecule has 9 heteroatoms. The molecule has 210 valence electrons. The quantitative estimate of drug-likeness (QED) is 0.313. The van der Waals surface area contributed by atoms with Gasteiger partial charge >= 0.3 is 12.1 Å². The highest BCUT2D eigenvalue weighted by Gasteiger charge is 2.39. The Hall–Kier alpha value is -3.54. The van der Waals surface area contributed by atoms with Crippen LogP contribution in [0.5, 0.6) is 0 Å². The first-order valence-corrected chi connectivity index (χ1v) is 13.1. The van der Waals surface area contributed by atoms with Crippen LogP contribution in [0, 0.1) is 18.3 Å². The molecule has 9 nitrogen and oxygen atoms in total. The van der Waals surface area contributed by atoms with E-state index in [0.717, 1.165) is 0 Å². The summed E-state index contributed by atoms with van der Waals surface area (Å²) in [6.45, 7) is 14.6. The molecule has 0 saturated carbocycles. The molecule has 0 aliphatic carbocycles. The molecule has 1 aromatic carbocycles. The lowest BCUT2D eigenvalue weighted by Crippen LogP contribution is -2.57. The Balaban J connectivity index is 3.43. The van der Waals surface area contributed by atoms with Crippen molar-refractivity contribution in [3.8, 4) is 12.3 Å². The van der Waals surface area contributed by atoms with Gasteiger partial charge in [0.2, 0.25) is 11.8 Å². The van der Waals surface area contributed by atoms with Gasteiger partial charge in [0, 0.05) is 18.2 Å². The number of nitrogens with one attached hydrogen (secondary N) is 2. The van der Waals surface area contributed by atoms with E-state index in [1.165, 1.54) is 4.90 Å². The molecule has 3 atom stereocenters. The van der Waals surface area contributed by atoms with Crippen LogP contribution in [0.4, 0.5) is 4.79 Å². The summed E-state index contributed by atoms with van der Waals surface area (Å²) < 4.78 is 10.3. The van der Waals surface area contributed by atoms with E-state index >= 15 is 0 Å². The minimum Gasteiger partial charge on any atom is -0.466 e. The summed E-state index contributed by atoms with van der Waals surface area (Å²) in [6.07, 6.45) is 5.38. The zero-order valence-corrected chi connectivity index (χ0v) is 23.9. The van der Waals surface area contributed by atoms with Crippen molar-refractivity contribution < 1.29 is 28.7 Å². The van der Waals surface area contributed by atoms with Gasteiger partial charge in [-0.05, 0) is 65.2 Å². The number of carbonyl (C=O) groups excluding carboxylic acids is 4. The van der Waals surface area contributed by atoms with Crippen molar-refractivity contribution in [3.05, 3.63) is 35.4 Å². The molecule has 3 amide bonds. The zero-order valence-electron chi connectivity index (χ0n) is 23.9. The van der Waals surface area contributed by atoms with Crippen molar-refractivity contribution in [1.29, 1.82) is 0 Å². The molecule has 0 aromatic heterocycles. The molecule has 0 radical (unpaired) electrons. The summed E-state index contributed by atoms with van der Waals surface area (Å²) in [5.74, 6) is 0.975. The molecule has 38 heavy (non-hydrogen) atoms. The van der Waals surface area contributed by atoms with Crippen LogP contribution in [0.3, 0.4) is 0 Å². The Kier molecular flexibility index (Phi) is 12.8. The van der Waals surface area contributed by atoms with Gasteiger partial charge in [0.05, 0.1) is 13.0 Å². The van der Waals surface area contributed by atoms with Gasteiger partial charge in [0.15, 0.2) is 0 Å². The van der Waals surface area contributed by atoms with E-state index in [9.17, 15) is 19.2 Å². The Morgan fingerprint density at radius 1 is 1.05 bits per heavy atom. The molecule has 0 aliphatic heterocycles. The molecule has 2 N–H and O–H groups in total. The zero-order chi connectivity index (χ0) is 29.0. The molecule has 0 saturated heterocycles. The molecule has 0 heterocycles. The van der Waals surface area contributed by atoms with Gasteiger partial charge in [-0.25, -0.2) is 4.79 Å². The highest BCUT2D eigenvalue weighted by molar-refractivity contribution is 5.92. The number of benzene rings is 1. The number of carbonyl (C=O) groups is 4. The van der Waals surface area contributed by atoms with Crippen LogP contribution < -0.4 is 10.6 Å². The maximum atomic E-state index is 14.1. The summed E-state index contributed by atoms with van der Waals surface area (Å²) in [6, 6.07) is 4.41. The van der Waals surface area contributed by atoms with Crippen molar-refractivity contribution in [1.82, 2.24) is 15.5 Å². The second-order valence-corrected chi connectivity index (χ2v) is 10.4. The second kappa shape index (κ2) is 15.0. The molecule has 0 aliphatic rings. The summed E-state index contributed by atoms with van der Waals surface area (Å²) >= 11 is 0. The molecular weight excluding hydrogens is 486 g/mol. The molecular formula is C29H43N3O6. The van der Waals surface area contributed by atoms with Crippen molar-refractivity contribution >= 4 is 23.9 Å². The number of ether oxygens (including phenoxy) is 2. The van der Waals surface area contributed by atoms with Gasteiger partial charge in [-0.15, -0.1) is 6.42 Å². The monoisotopic (exact) mass is 529 g/mol. The number of terminal acetylenes is 1. The third kappa shape index (κ3) is 10.1. The number of alkyl carbamates (subject to hydrolysis) is 1. The standard InChI is InChI=1S/C29H43N3O6/c1-10-20(6)24(31-28(36)38-29(7,8)9)27(35)32(19(4)5)25(22-15-13-21(11-2)14-16-22)26(34)30-18-17-23(33)37-12-3/h2,13-16,19-20,24-25H,10,12,17-18H2,1,3-9H3,(H,30,34)(H,31,36). The second-order valence-electron chi connectivity index (χ2n) is 10.4. The maximum absolute atomic E-state index is 14.1. The fourth-order valence-corrected chi connectivity index (χ4v) is 3.78. The molecule has 0 bridgehead atoms. The highest BCUT2D eigenvalue weighted by Crippen LogP contribution is 2.27. The van der Waals surface area contributed by atoms with Crippen molar-refractivity contribution in [2.24, 2.45) is 5.92 Å². The van der Waals surface area contributed by atoms with Crippen LogP contribution in [0.25, 0.3) is 0 Å². The molecule has 1 aromatic rings. The Morgan fingerprint density at radius 2 is 1.66 bits per heavy atom. The average molecular weight is 530 g/mol. The number of esters is 1. The maximum Gasteiger partial charge on any atom is 0.408 e. The van der Waals surface area contributed by atoms with Crippen LogP contribution in [-0.4, -0.2) is 59.6 Å². The van der Waals surface area contributed by atoms with Crippen LogP contribution >= 0.6 is 0 Å². The van der Waals surface area contributed by atoms with E-state index in [4.69, 9.17) is 15.9 Å². The third-order valence-corrected chi connectivity index (χ3v) is 5.82. The Morgan fingerprint density at radius 3 is 2.13 bits per heavy atom. The lowest BCUT2D eigenvalue weighted by Gasteiger charge is -2.38. The van der Waals surface area contributed by atoms with Crippen molar-refractivity contribution in [2.45, 2.75) is 92.0 Å². The average Bonchev–Trinajstić information content (AvgIpc) is 2.83. The van der Waals surface area contributed by atoms with E-state index < -0.39 is 47.6 Å². The Labute approximate surface area is 227 Å². The lowest BCUT2D eigenvalue weighted by molar-refractivity contribution is -0.146. The Bertz CT molecular complexity index is 991. The first-order chi connectivity index (χ1) is 17.7. The number of nitrogens with zero attached hydrogens (tertiary/aromatic N) is 1. The van der Waals surface area contributed by atoms with E-state index in [1.807, 2.05) is 13.8 Å². The van der Waals surface area contributed by atoms with Crippen LogP contribution in [-0.2, 0) is 23.9 Å².